The van der Waals surface area contributed by atoms with Gasteiger partial charge in [0.15, 0.2) is 44.0 Å². The van der Waals surface area contributed by atoms with Crippen molar-refractivity contribution >= 4 is 0 Å². The van der Waals surface area contributed by atoms with Gasteiger partial charge in [0.25, 0.3) is 0 Å². The molecular formula is C39H66O33. The minimum atomic E-state index is -2.30. The van der Waals surface area contributed by atoms with Crippen molar-refractivity contribution in [1.82, 2.24) is 0 Å². The highest BCUT2D eigenvalue weighted by molar-refractivity contribution is 4.99. The molecule has 0 spiro atoms. The largest absolute Gasteiger partial charge is 0.394 e. The molecule has 7 rings (SSSR count). The van der Waals surface area contributed by atoms with Crippen LogP contribution in [0.15, 0.2) is 0 Å². The van der Waals surface area contributed by atoms with E-state index >= 15 is 0 Å². The minimum absolute atomic E-state index is 0.471. The topological polar surface area (TPSA) is 525 Å². The van der Waals surface area contributed by atoms with E-state index in [0.717, 1.165) is 0 Å². The van der Waals surface area contributed by atoms with Crippen molar-refractivity contribution < 1.29 is 164 Å². The van der Waals surface area contributed by atoms with Crippen LogP contribution in [0, 0.1) is 0 Å². The van der Waals surface area contributed by atoms with Gasteiger partial charge < -0.3 is 164 Å². The van der Waals surface area contributed by atoms with Gasteiger partial charge in [-0.05, 0) is 0 Å². The highest BCUT2D eigenvalue weighted by atomic mass is 16.8. The van der Waals surface area contributed by atoms with E-state index in [4.69, 9.17) is 61.6 Å². The van der Waals surface area contributed by atoms with E-state index in [0.29, 0.717) is 0 Å². The molecule has 0 radical (unpaired) electrons. The van der Waals surface area contributed by atoms with E-state index in [1.165, 1.54) is 0 Å². The van der Waals surface area contributed by atoms with Crippen LogP contribution in [0.25, 0.3) is 0 Å². The maximum atomic E-state index is 11.7. The number of ether oxygens (including phenoxy) is 13. The molecule has 7 fully saturated rings. The molecule has 32 atom stereocenters. The fraction of sp³-hybridized carbons (Fsp3) is 1.00. The smallest absolute Gasteiger partial charge is 0.187 e. The number of rotatable bonds is 16. The zero-order valence-electron chi connectivity index (χ0n) is 37.7. The van der Waals surface area contributed by atoms with Crippen LogP contribution in [0.1, 0.15) is 0 Å². The Hall–Kier alpha value is -1.32. The third-order valence-corrected chi connectivity index (χ3v) is 13.3. The SMILES string of the molecule is OC[C@H]1O[C@@H](O)[C@H](O)[C@@H](O)[C@@H]1O[C@@H]1O[C@H](CO[C@H]2OC[C@@H](O)[C@H](O)[C@H]2O)[C@@H](O[C@@H]2O[C@H](CO[C@H]3OC[C@@H](O)[C@H](O)[C@H]3O)[C@@H](O[C@@H]3O[C@H](CO[C@H]4OC[C@@H](O)[C@H](O)[C@H]4O)[C@@H](O)[C@@H](O)[C@H]3O)[C@H](O)[C@H]2O)[C@H](O)[C@H]1O. The van der Waals surface area contributed by atoms with E-state index in [-0.39, 0.29) is 0 Å². The molecular weight excluding hydrogens is 996 g/mol. The van der Waals surface area contributed by atoms with Crippen LogP contribution < -0.4 is 0 Å². The van der Waals surface area contributed by atoms with Gasteiger partial charge in [0, 0.05) is 0 Å². The number of aliphatic hydroxyl groups excluding tert-OH is 20. The molecule has 0 aromatic rings. The summed E-state index contributed by atoms with van der Waals surface area (Å²) in [5, 5.41) is 211. The molecule has 0 aromatic carbocycles. The Bertz CT molecular complexity index is 1660. The van der Waals surface area contributed by atoms with Crippen molar-refractivity contribution in [2.24, 2.45) is 0 Å². The normalized spacial score (nSPS) is 53.8. The van der Waals surface area contributed by atoms with Crippen LogP contribution in [0.2, 0.25) is 0 Å². The Morgan fingerprint density at radius 2 is 0.597 bits per heavy atom. The number of hydrogen-bond acceptors (Lipinski definition) is 33. The van der Waals surface area contributed by atoms with Crippen LogP contribution in [0.4, 0.5) is 0 Å². The van der Waals surface area contributed by atoms with E-state index in [1.54, 1.807) is 0 Å². The first-order valence-electron chi connectivity index (χ1n) is 22.9. The summed E-state index contributed by atoms with van der Waals surface area (Å²) in [6, 6.07) is 0. The molecule has 7 saturated heterocycles. The van der Waals surface area contributed by atoms with Gasteiger partial charge in [0.05, 0.1) is 46.2 Å². The molecule has 20 N–H and O–H groups in total. The van der Waals surface area contributed by atoms with E-state index in [9.17, 15) is 102 Å². The fourth-order valence-corrected chi connectivity index (χ4v) is 8.85. The van der Waals surface area contributed by atoms with Crippen molar-refractivity contribution in [2.45, 2.75) is 197 Å². The van der Waals surface area contributed by atoms with Crippen molar-refractivity contribution in [1.29, 1.82) is 0 Å². The molecule has 420 valence electrons. The van der Waals surface area contributed by atoms with Crippen LogP contribution in [-0.2, 0) is 61.6 Å². The summed E-state index contributed by atoms with van der Waals surface area (Å²) >= 11 is 0. The van der Waals surface area contributed by atoms with Gasteiger partial charge >= 0.3 is 0 Å². The Balaban J connectivity index is 1.11. The standard InChI is InChI=1S/C39H66O33/c40-1-11-30(20(49)23(52)33(59)66-11)70-38-28(57)21(50)32(14(68-38)7-65-36-26(55)17(46)10(43)4-62-36)72-39-29(58)22(51)31(13(69-39)6-64-35-25(54)16(45)9(42)3-61-35)71-37-27(56)19(48)18(47)12(67-37)5-63-34-24(53)15(44)8(41)2-60-34/h8-59H,1-7H2/t8-,9-,10-,11-,12-,13-,14-,15+,16+,17+,18-,19-,20-,21-,22-,23-,24-,25-,26-,27-,28-,29-,30-,31-,32-,33-,34-,35-,36-,37+,38+,39+/m1/s1. The van der Waals surface area contributed by atoms with Gasteiger partial charge in [-0.25, -0.2) is 0 Å². The first-order chi connectivity index (χ1) is 34.0. The zero-order chi connectivity index (χ0) is 52.6. The number of aliphatic hydroxyl groups is 20. The lowest BCUT2D eigenvalue weighted by Gasteiger charge is -2.49. The Labute approximate surface area is 406 Å². The minimum Gasteiger partial charge on any atom is -0.394 e. The van der Waals surface area contributed by atoms with Crippen LogP contribution >= 0.6 is 0 Å². The summed E-state index contributed by atoms with van der Waals surface area (Å²) in [6.45, 7) is -4.95. The quantitative estimate of drug-likeness (QED) is 0.0682. The first-order valence-corrected chi connectivity index (χ1v) is 22.9. The summed E-state index contributed by atoms with van der Waals surface area (Å²) < 4.78 is 72.6. The fourth-order valence-electron chi connectivity index (χ4n) is 8.85. The molecule has 0 bridgehead atoms. The molecule has 0 saturated carbocycles. The maximum Gasteiger partial charge on any atom is 0.187 e. The summed E-state index contributed by atoms with van der Waals surface area (Å²) in [6.07, 6.45) is -60.4. The van der Waals surface area contributed by atoms with Crippen LogP contribution in [-0.4, -0.2) is 345 Å². The second-order valence-electron chi connectivity index (χ2n) is 18.3. The molecule has 0 unspecified atom stereocenters. The molecule has 0 aliphatic carbocycles. The molecule has 7 aliphatic rings. The molecule has 7 heterocycles. The van der Waals surface area contributed by atoms with Crippen molar-refractivity contribution in [2.75, 3.05) is 46.2 Å². The zero-order valence-corrected chi connectivity index (χ0v) is 37.7. The lowest BCUT2D eigenvalue weighted by molar-refractivity contribution is -0.393. The van der Waals surface area contributed by atoms with E-state index < -0.39 is 243 Å². The predicted molar refractivity (Wildman–Crippen MR) is 214 cm³/mol. The monoisotopic (exact) mass is 1060 g/mol. The second-order valence-corrected chi connectivity index (χ2v) is 18.3. The maximum absolute atomic E-state index is 11.7. The lowest BCUT2D eigenvalue weighted by atomic mass is 9.95. The van der Waals surface area contributed by atoms with Gasteiger partial charge in [-0.3, -0.25) is 0 Å². The third kappa shape index (κ3) is 12.5. The summed E-state index contributed by atoms with van der Waals surface area (Å²) in [4.78, 5) is 0. The van der Waals surface area contributed by atoms with Crippen molar-refractivity contribution in [3.05, 3.63) is 0 Å². The van der Waals surface area contributed by atoms with E-state index in [1.807, 2.05) is 0 Å². The van der Waals surface area contributed by atoms with Gasteiger partial charge in [-0.2, -0.15) is 0 Å². The van der Waals surface area contributed by atoms with Crippen LogP contribution in [0.3, 0.4) is 0 Å². The van der Waals surface area contributed by atoms with Crippen molar-refractivity contribution in [3.8, 4) is 0 Å². The molecule has 0 aromatic heterocycles. The third-order valence-electron chi connectivity index (χ3n) is 13.3. The highest BCUT2D eigenvalue weighted by Gasteiger charge is 2.56. The second kappa shape index (κ2) is 25.0. The van der Waals surface area contributed by atoms with Gasteiger partial charge in [-0.1, -0.05) is 0 Å². The molecule has 7 aliphatic heterocycles. The molecule has 33 heteroatoms. The number of hydrogen-bond donors (Lipinski definition) is 20. The Kier molecular flexibility index (Phi) is 20.3. The first kappa shape index (κ1) is 58.4. The van der Waals surface area contributed by atoms with Gasteiger partial charge in [0.1, 0.15) is 153 Å². The Morgan fingerprint density at radius 3 is 0.972 bits per heavy atom. The predicted octanol–water partition coefficient (Wildman–Crippen LogP) is -14.4. The molecule has 72 heavy (non-hydrogen) atoms. The van der Waals surface area contributed by atoms with Gasteiger partial charge in [-0.15, -0.1) is 0 Å². The summed E-state index contributed by atoms with van der Waals surface area (Å²) in [5.74, 6) is 0. The molecule has 0 amide bonds. The van der Waals surface area contributed by atoms with Gasteiger partial charge in [0.2, 0.25) is 0 Å². The average molecular weight is 1060 g/mol. The lowest BCUT2D eigenvalue weighted by Crippen LogP contribution is -2.68. The van der Waals surface area contributed by atoms with Crippen molar-refractivity contribution in [3.63, 3.8) is 0 Å². The summed E-state index contributed by atoms with van der Waals surface area (Å²) in [5.41, 5.74) is 0. The summed E-state index contributed by atoms with van der Waals surface area (Å²) in [7, 11) is 0. The van der Waals surface area contributed by atoms with Crippen LogP contribution in [0.5, 0.6) is 0 Å². The molecule has 33 nitrogen and oxygen atoms in total. The Morgan fingerprint density at radius 1 is 0.292 bits per heavy atom. The average Bonchev–Trinajstić information content (AvgIpc) is 3.36. The highest BCUT2D eigenvalue weighted by Crippen LogP contribution is 2.36. The van der Waals surface area contributed by atoms with E-state index in [2.05, 4.69) is 0 Å².